The zero-order valence-corrected chi connectivity index (χ0v) is 14.8. The van der Waals surface area contributed by atoms with Crippen molar-refractivity contribution >= 4 is 11.8 Å². The summed E-state index contributed by atoms with van der Waals surface area (Å²) in [6.45, 7) is 10.9. The van der Waals surface area contributed by atoms with Crippen molar-refractivity contribution in [3.8, 4) is 5.75 Å². The summed E-state index contributed by atoms with van der Waals surface area (Å²) in [5, 5.41) is 8.71. The van der Waals surface area contributed by atoms with Crippen molar-refractivity contribution < 1.29 is 19.4 Å². The Kier molecular flexibility index (Phi) is 6.79. The molecule has 1 rings (SSSR count). The minimum absolute atomic E-state index is 0.00683. The molecule has 0 fully saturated rings. The fraction of sp³-hybridized carbons (Fsp3) is 0.579. The molecule has 128 valence electrons. The van der Waals surface area contributed by atoms with Crippen LogP contribution < -0.4 is 4.74 Å². The van der Waals surface area contributed by atoms with Gasteiger partial charge in [0.2, 0.25) is 0 Å². The minimum atomic E-state index is -0.877. The standard InChI is InChI=1S/C19H28O4/c1-13(2)12-23-17-10-9-14(19(3,4)5)11-15(17)16(20)7-6-8-18(21)22/h9-11,13H,6-8,12H2,1-5H3,(H,21,22). The third kappa shape index (κ3) is 6.43. The Morgan fingerprint density at radius 2 is 1.83 bits per heavy atom. The third-order valence-corrected chi connectivity index (χ3v) is 3.51. The molecular formula is C19H28O4. The largest absolute Gasteiger partial charge is 0.493 e. The number of aliphatic carboxylic acids is 1. The van der Waals surface area contributed by atoms with Gasteiger partial charge in [0.15, 0.2) is 5.78 Å². The SMILES string of the molecule is CC(C)COc1ccc(C(C)(C)C)cc1C(=O)CCCC(=O)O. The molecule has 0 aromatic heterocycles. The number of hydrogen-bond acceptors (Lipinski definition) is 3. The maximum Gasteiger partial charge on any atom is 0.303 e. The first kappa shape index (κ1) is 19.2. The normalized spacial score (nSPS) is 11.6. The molecule has 4 heteroatoms. The van der Waals surface area contributed by atoms with Crippen LogP contribution in [0.15, 0.2) is 18.2 Å². The van der Waals surface area contributed by atoms with Crippen molar-refractivity contribution in [1.29, 1.82) is 0 Å². The summed E-state index contributed by atoms with van der Waals surface area (Å²) in [7, 11) is 0. The van der Waals surface area contributed by atoms with E-state index in [1.807, 2.05) is 18.2 Å². The zero-order valence-electron chi connectivity index (χ0n) is 14.8. The number of benzene rings is 1. The van der Waals surface area contributed by atoms with Crippen LogP contribution in [0.3, 0.4) is 0 Å². The Morgan fingerprint density at radius 3 is 2.35 bits per heavy atom. The van der Waals surface area contributed by atoms with Crippen LogP contribution in [-0.4, -0.2) is 23.5 Å². The molecule has 0 aliphatic carbocycles. The van der Waals surface area contributed by atoms with Gasteiger partial charge in [-0.2, -0.15) is 0 Å². The molecule has 0 aliphatic rings. The van der Waals surface area contributed by atoms with E-state index < -0.39 is 5.97 Å². The summed E-state index contributed by atoms with van der Waals surface area (Å²) in [6.07, 6.45) is 0.572. The molecular weight excluding hydrogens is 292 g/mol. The Bertz CT molecular complexity index is 553. The molecule has 0 radical (unpaired) electrons. The maximum absolute atomic E-state index is 12.5. The highest BCUT2D eigenvalue weighted by Gasteiger charge is 2.19. The van der Waals surface area contributed by atoms with Crippen molar-refractivity contribution in [2.75, 3.05) is 6.61 Å². The van der Waals surface area contributed by atoms with Crippen molar-refractivity contribution in [1.82, 2.24) is 0 Å². The van der Waals surface area contributed by atoms with Gasteiger partial charge in [-0.05, 0) is 35.4 Å². The fourth-order valence-corrected chi connectivity index (χ4v) is 2.13. The number of carboxylic acids is 1. The lowest BCUT2D eigenvalue weighted by atomic mass is 9.85. The highest BCUT2D eigenvalue weighted by molar-refractivity contribution is 5.99. The van der Waals surface area contributed by atoms with Crippen LogP contribution in [0.2, 0.25) is 0 Å². The molecule has 0 atom stereocenters. The number of ketones is 1. The molecule has 1 aromatic carbocycles. The van der Waals surface area contributed by atoms with E-state index in [1.54, 1.807) is 0 Å². The first-order valence-corrected chi connectivity index (χ1v) is 8.13. The molecule has 23 heavy (non-hydrogen) atoms. The van der Waals surface area contributed by atoms with Crippen molar-refractivity contribution in [3.63, 3.8) is 0 Å². The summed E-state index contributed by atoms with van der Waals surface area (Å²) in [5.74, 6) is 0.0212. The summed E-state index contributed by atoms with van der Waals surface area (Å²) in [4.78, 5) is 23.1. The van der Waals surface area contributed by atoms with E-state index in [0.717, 1.165) is 5.56 Å². The molecule has 0 spiro atoms. The molecule has 0 saturated heterocycles. The Balaban J connectivity index is 3.01. The van der Waals surface area contributed by atoms with E-state index >= 15 is 0 Å². The molecule has 0 aliphatic heterocycles. The predicted octanol–water partition coefficient (Wildman–Crippen LogP) is 4.46. The lowest BCUT2D eigenvalue weighted by Gasteiger charge is -2.21. The lowest BCUT2D eigenvalue weighted by Crippen LogP contribution is -2.14. The monoisotopic (exact) mass is 320 g/mol. The van der Waals surface area contributed by atoms with Crippen molar-refractivity contribution in [2.45, 2.75) is 59.3 Å². The average molecular weight is 320 g/mol. The lowest BCUT2D eigenvalue weighted by molar-refractivity contribution is -0.137. The fourth-order valence-electron chi connectivity index (χ4n) is 2.13. The third-order valence-electron chi connectivity index (χ3n) is 3.51. The minimum Gasteiger partial charge on any atom is -0.493 e. The van der Waals surface area contributed by atoms with Gasteiger partial charge in [0.05, 0.1) is 12.2 Å². The quantitative estimate of drug-likeness (QED) is 0.718. The maximum atomic E-state index is 12.5. The number of carbonyl (C=O) groups excluding carboxylic acids is 1. The highest BCUT2D eigenvalue weighted by atomic mass is 16.5. The van der Waals surface area contributed by atoms with E-state index in [9.17, 15) is 9.59 Å². The molecule has 0 bridgehead atoms. The van der Waals surface area contributed by atoms with Gasteiger partial charge in [0.25, 0.3) is 0 Å². The summed E-state index contributed by atoms with van der Waals surface area (Å²) in [6, 6.07) is 5.73. The molecule has 0 saturated carbocycles. The van der Waals surface area contributed by atoms with E-state index in [2.05, 4.69) is 34.6 Å². The van der Waals surface area contributed by atoms with Crippen LogP contribution in [0, 0.1) is 5.92 Å². The van der Waals surface area contributed by atoms with E-state index in [-0.39, 0.29) is 24.0 Å². The van der Waals surface area contributed by atoms with Crippen LogP contribution in [0.1, 0.15) is 69.8 Å². The molecule has 0 unspecified atom stereocenters. The second-order valence-electron chi connectivity index (χ2n) is 7.34. The number of rotatable bonds is 8. The number of ether oxygens (including phenoxy) is 1. The van der Waals surface area contributed by atoms with E-state index in [0.29, 0.717) is 30.3 Å². The molecule has 0 heterocycles. The first-order valence-electron chi connectivity index (χ1n) is 8.13. The second kappa shape index (κ2) is 8.14. The number of hydrogen-bond donors (Lipinski definition) is 1. The second-order valence-corrected chi connectivity index (χ2v) is 7.34. The average Bonchev–Trinajstić information content (AvgIpc) is 2.43. The molecule has 1 aromatic rings. The van der Waals surface area contributed by atoms with Gasteiger partial charge < -0.3 is 9.84 Å². The van der Waals surface area contributed by atoms with Gasteiger partial charge in [-0.1, -0.05) is 40.7 Å². The summed E-state index contributed by atoms with van der Waals surface area (Å²) in [5.41, 5.74) is 1.56. The van der Waals surface area contributed by atoms with Gasteiger partial charge in [-0.25, -0.2) is 0 Å². The Hall–Kier alpha value is -1.84. The van der Waals surface area contributed by atoms with Crippen LogP contribution in [-0.2, 0) is 10.2 Å². The highest BCUT2D eigenvalue weighted by Crippen LogP contribution is 2.29. The molecule has 1 N–H and O–H groups in total. The first-order chi connectivity index (χ1) is 10.6. The van der Waals surface area contributed by atoms with Gasteiger partial charge in [-0.3, -0.25) is 9.59 Å². The van der Waals surface area contributed by atoms with Crippen molar-refractivity contribution in [3.05, 3.63) is 29.3 Å². The topological polar surface area (TPSA) is 63.6 Å². The van der Waals surface area contributed by atoms with Crippen LogP contribution >= 0.6 is 0 Å². The Labute approximate surface area is 138 Å². The van der Waals surface area contributed by atoms with Gasteiger partial charge in [-0.15, -0.1) is 0 Å². The van der Waals surface area contributed by atoms with E-state index in [1.165, 1.54) is 0 Å². The molecule has 0 amide bonds. The van der Waals surface area contributed by atoms with Crippen LogP contribution in [0.4, 0.5) is 0 Å². The zero-order chi connectivity index (χ0) is 17.6. The van der Waals surface area contributed by atoms with Gasteiger partial charge in [0, 0.05) is 12.8 Å². The number of carboxylic acid groups (broad SMARTS) is 1. The van der Waals surface area contributed by atoms with Gasteiger partial charge in [0.1, 0.15) is 5.75 Å². The summed E-state index contributed by atoms with van der Waals surface area (Å²) < 4.78 is 5.78. The van der Waals surface area contributed by atoms with Crippen LogP contribution in [0.5, 0.6) is 5.75 Å². The van der Waals surface area contributed by atoms with Crippen molar-refractivity contribution in [2.24, 2.45) is 5.92 Å². The number of Topliss-reactive ketones (excluding diaryl/α,β-unsaturated/α-hetero) is 1. The molecule has 4 nitrogen and oxygen atoms in total. The summed E-state index contributed by atoms with van der Waals surface area (Å²) >= 11 is 0. The van der Waals surface area contributed by atoms with Crippen LogP contribution in [0.25, 0.3) is 0 Å². The predicted molar refractivity (Wildman–Crippen MR) is 91.3 cm³/mol. The number of carbonyl (C=O) groups is 2. The van der Waals surface area contributed by atoms with Gasteiger partial charge >= 0.3 is 5.97 Å². The van der Waals surface area contributed by atoms with E-state index in [4.69, 9.17) is 9.84 Å². The smallest absolute Gasteiger partial charge is 0.303 e. The Morgan fingerprint density at radius 1 is 1.17 bits per heavy atom.